The Labute approximate surface area is 118 Å². The number of hydrogen-bond donors (Lipinski definition) is 2. The number of carbonyl (C=O) groups is 1. The van der Waals surface area contributed by atoms with Crippen molar-refractivity contribution in [3.63, 3.8) is 0 Å². The summed E-state index contributed by atoms with van der Waals surface area (Å²) in [4.78, 5) is 12.3. The maximum absolute atomic E-state index is 12.3. The van der Waals surface area contributed by atoms with Crippen LogP contribution in [0.2, 0.25) is 5.02 Å². The zero-order chi connectivity index (χ0) is 14.0. The van der Waals surface area contributed by atoms with Gasteiger partial charge in [0.25, 0.3) is 5.91 Å². The molecule has 1 aliphatic heterocycles. The summed E-state index contributed by atoms with van der Waals surface area (Å²) in [6, 6.07) is 5.62. The number of benzene rings is 1. The number of nitrogens with one attached hydrogen (secondary N) is 1. The Kier molecular flexibility index (Phi) is 4.32. The van der Waals surface area contributed by atoms with E-state index in [1.165, 1.54) is 6.42 Å². The highest BCUT2D eigenvalue weighted by molar-refractivity contribution is 6.31. The molecule has 1 saturated heterocycles. The summed E-state index contributed by atoms with van der Waals surface area (Å²) in [6.45, 7) is 4.24. The van der Waals surface area contributed by atoms with Crippen LogP contribution in [-0.2, 0) is 0 Å². The van der Waals surface area contributed by atoms with Crippen LogP contribution in [0.1, 0.15) is 43.5 Å². The first-order valence-corrected chi connectivity index (χ1v) is 7.01. The summed E-state index contributed by atoms with van der Waals surface area (Å²) in [5, 5.41) is 2.53. The smallest absolute Gasteiger partial charge is 0.267 e. The number of rotatable bonds is 2. The van der Waals surface area contributed by atoms with Crippen molar-refractivity contribution >= 4 is 23.2 Å². The molecule has 1 aromatic carbocycles. The van der Waals surface area contributed by atoms with Gasteiger partial charge in [-0.15, -0.1) is 0 Å². The van der Waals surface area contributed by atoms with E-state index in [1.807, 2.05) is 5.01 Å². The number of hydrazine groups is 1. The third-order valence-electron chi connectivity index (χ3n) is 3.68. The minimum atomic E-state index is -0.194. The van der Waals surface area contributed by atoms with E-state index >= 15 is 0 Å². The minimum absolute atomic E-state index is 0.194. The van der Waals surface area contributed by atoms with Crippen LogP contribution < -0.4 is 11.2 Å². The molecule has 1 fully saturated rings. The van der Waals surface area contributed by atoms with Crippen LogP contribution in [-0.4, -0.2) is 23.0 Å². The summed E-state index contributed by atoms with van der Waals surface area (Å²) >= 11 is 5.91. The predicted octanol–water partition coefficient (Wildman–Crippen LogP) is 2.83. The molecule has 0 bridgehead atoms. The van der Waals surface area contributed by atoms with Gasteiger partial charge in [-0.05, 0) is 44.9 Å². The highest BCUT2D eigenvalue weighted by atomic mass is 35.5. The molecular weight excluding hydrogens is 262 g/mol. The van der Waals surface area contributed by atoms with Crippen molar-refractivity contribution in [3.8, 4) is 0 Å². The first-order valence-electron chi connectivity index (χ1n) is 6.63. The predicted molar refractivity (Wildman–Crippen MR) is 77.9 cm³/mol. The zero-order valence-electron chi connectivity index (χ0n) is 11.3. The van der Waals surface area contributed by atoms with E-state index in [-0.39, 0.29) is 5.91 Å². The number of halogens is 1. The fourth-order valence-electron chi connectivity index (χ4n) is 2.54. The highest BCUT2D eigenvalue weighted by Gasteiger charge is 2.26. The van der Waals surface area contributed by atoms with Gasteiger partial charge in [-0.1, -0.05) is 18.0 Å². The van der Waals surface area contributed by atoms with Crippen LogP contribution in [0.25, 0.3) is 0 Å². The summed E-state index contributed by atoms with van der Waals surface area (Å²) in [7, 11) is 0. The molecule has 2 atom stereocenters. The molecule has 0 saturated carbocycles. The van der Waals surface area contributed by atoms with Gasteiger partial charge in [-0.25, -0.2) is 5.01 Å². The van der Waals surface area contributed by atoms with E-state index in [0.717, 1.165) is 12.8 Å². The van der Waals surface area contributed by atoms with Gasteiger partial charge >= 0.3 is 0 Å². The Hall–Kier alpha value is -1.26. The molecule has 1 amide bonds. The van der Waals surface area contributed by atoms with Crippen LogP contribution in [0.15, 0.2) is 18.2 Å². The molecule has 3 N–H and O–H groups in total. The number of nitrogen functional groups attached to an aromatic ring is 1. The number of hydrogen-bond acceptors (Lipinski definition) is 3. The fourth-order valence-corrected chi connectivity index (χ4v) is 2.72. The van der Waals surface area contributed by atoms with Crippen LogP contribution in [0, 0.1) is 0 Å². The summed E-state index contributed by atoms with van der Waals surface area (Å²) in [6.07, 6.45) is 3.39. The lowest BCUT2D eigenvalue weighted by Crippen LogP contribution is -2.54. The van der Waals surface area contributed by atoms with Crippen molar-refractivity contribution in [1.29, 1.82) is 0 Å². The average Bonchev–Trinajstić information content (AvgIpc) is 2.37. The van der Waals surface area contributed by atoms with Gasteiger partial charge in [0.15, 0.2) is 0 Å². The largest absolute Gasteiger partial charge is 0.398 e. The van der Waals surface area contributed by atoms with Crippen molar-refractivity contribution in [1.82, 2.24) is 10.4 Å². The molecule has 1 aliphatic rings. The second kappa shape index (κ2) is 5.80. The fraction of sp³-hybridized carbons (Fsp3) is 0.500. The molecule has 4 nitrogen and oxygen atoms in total. The monoisotopic (exact) mass is 281 g/mol. The molecule has 1 aromatic rings. The average molecular weight is 282 g/mol. The van der Waals surface area contributed by atoms with Crippen molar-refractivity contribution < 1.29 is 4.79 Å². The second-order valence-electron chi connectivity index (χ2n) is 5.21. The van der Waals surface area contributed by atoms with E-state index in [0.29, 0.717) is 28.4 Å². The number of anilines is 1. The third kappa shape index (κ3) is 3.19. The number of piperidine rings is 1. The highest BCUT2D eigenvalue weighted by Crippen LogP contribution is 2.22. The number of nitrogens with zero attached hydrogens (tertiary/aromatic N) is 1. The van der Waals surface area contributed by atoms with E-state index < -0.39 is 0 Å². The molecule has 1 heterocycles. The maximum atomic E-state index is 12.3. The molecule has 2 unspecified atom stereocenters. The van der Waals surface area contributed by atoms with Crippen molar-refractivity contribution in [2.24, 2.45) is 0 Å². The number of nitrogens with two attached hydrogens (primary N) is 1. The lowest BCUT2D eigenvalue weighted by Gasteiger charge is -2.38. The first-order chi connectivity index (χ1) is 8.99. The topological polar surface area (TPSA) is 58.4 Å². The van der Waals surface area contributed by atoms with Crippen molar-refractivity contribution in [3.05, 3.63) is 28.8 Å². The van der Waals surface area contributed by atoms with Gasteiger partial charge in [0.2, 0.25) is 0 Å². The number of amides is 1. The summed E-state index contributed by atoms with van der Waals surface area (Å²) < 4.78 is 0. The SMILES string of the molecule is CC1CCCC(C)N1NC(=O)c1cc(Cl)ccc1N. The quantitative estimate of drug-likeness (QED) is 0.820. The zero-order valence-corrected chi connectivity index (χ0v) is 12.1. The van der Waals surface area contributed by atoms with E-state index in [9.17, 15) is 4.79 Å². The molecule has 104 valence electrons. The molecule has 0 aromatic heterocycles. The summed E-state index contributed by atoms with van der Waals surface area (Å²) in [5.41, 5.74) is 9.66. The molecule has 0 aliphatic carbocycles. The number of carbonyl (C=O) groups excluding carboxylic acids is 1. The standard InChI is InChI=1S/C14H20ClN3O/c1-9-4-3-5-10(2)18(9)17-14(19)12-8-11(15)6-7-13(12)16/h6-10H,3-5,16H2,1-2H3,(H,17,19). The molecule has 5 heteroatoms. The molecular formula is C14H20ClN3O. The van der Waals surface area contributed by atoms with Gasteiger partial charge < -0.3 is 5.73 Å². The third-order valence-corrected chi connectivity index (χ3v) is 3.92. The Bertz CT molecular complexity index is 468. The Morgan fingerprint density at radius 2 is 2.00 bits per heavy atom. The van der Waals surface area contributed by atoms with Crippen LogP contribution in [0.3, 0.4) is 0 Å². The minimum Gasteiger partial charge on any atom is -0.398 e. The molecule has 19 heavy (non-hydrogen) atoms. The second-order valence-corrected chi connectivity index (χ2v) is 5.65. The van der Waals surface area contributed by atoms with Crippen LogP contribution >= 0.6 is 11.6 Å². The van der Waals surface area contributed by atoms with Crippen molar-refractivity contribution in [2.75, 3.05) is 5.73 Å². The lowest BCUT2D eigenvalue weighted by molar-refractivity contribution is 0.0370. The Morgan fingerprint density at radius 1 is 1.37 bits per heavy atom. The summed E-state index contributed by atoms with van der Waals surface area (Å²) in [5.74, 6) is -0.194. The molecule has 0 spiro atoms. The normalized spacial score (nSPS) is 24.2. The van der Waals surface area contributed by atoms with Crippen LogP contribution in [0.5, 0.6) is 0 Å². The molecule has 2 rings (SSSR count). The maximum Gasteiger partial charge on any atom is 0.267 e. The van der Waals surface area contributed by atoms with E-state index in [2.05, 4.69) is 19.3 Å². The van der Waals surface area contributed by atoms with Gasteiger partial charge in [0.1, 0.15) is 0 Å². The van der Waals surface area contributed by atoms with Gasteiger partial charge in [0.05, 0.1) is 5.56 Å². The van der Waals surface area contributed by atoms with Gasteiger partial charge in [0, 0.05) is 22.8 Å². The van der Waals surface area contributed by atoms with E-state index in [1.54, 1.807) is 18.2 Å². The van der Waals surface area contributed by atoms with Crippen molar-refractivity contribution in [2.45, 2.75) is 45.2 Å². The van der Waals surface area contributed by atoms with E-state index in [4.69, 9.17) is 17.3 Å². The first kappa shape index (κ1) is 14.2. The Balaban J connectivity index is 2.14. The lowest BCUT2D eigenvalue weighted by atomic mass is 10.00. The van der Waals surface area contributed by atoms with Crippen LogP contribution in [0.4, 0.5) is 5.69 Å². The van der Waals surface area contributed by atoms with Gasteiger partial charge in [-0.3, -0.25) is 10.2 Å². The molecule has 0 radical (unpaired) electrons. The van der Waals surface area contributed by atoms with Gasteiger partial charge in [-0.2, -0.15) is 0 Å². The Morgan fingerprint density at radius 3 is 2.63 bits per heavy atom.